The molecule has 3 heterocycles. The van der Waals surface area contributed by atoms with Gasteiger partial charge < -0.3 is 4.57 Å². The highest BCUT2D eigenvalue weighted by Crippen LogP contribution is 2.30. The monoisotopic (exact) mass is 296 g/mol. The lowest BCUT2D eigenvalue weighted by atomic mass is 10.0. The quantitative estimate of drug-likeness (QED) is 0.745. The SMILES string of the molecule is c1ccc(C2Cn3ccnc3CN2Cc2nccs2)cc1. The predicted octanol–water partition coefficient (Wildman–Crippen LogP) is 3.10. The second-order valence-corrected chi connectivity index (χ2v) is 6.23. The summed E-state index contributed by atoms with van der Waals surface area (Å²) in [4.78, 5) is 11.4. The lowest BCUT2D eigenvalue weighted by Crippen LogP contribution is -2.36. The normalized spacial score (nSPS) is 18.6. The van der Waals surface area contributed by atoms with Gasteiger partial charge in [-0.05, 0) is 5.56 Å². The Hall–Kier alpha value is -1.98. The second-order valence-electron chi connectivity index (χ2n) is 5.25. The molecule has 21 heavy (non-hydrogen) atoms. The third kappa shape index (κ3) is 2.50. The lowest BCUT2D eigenvalue weighted by Gasteiger charge is -2.36. The van der Waals surface area contributed by atoms with E-state index in [1.54, 1.807) is 11.3 Å². The number of fused-ring (bicyclic) bond motifs is 1. The summed E-state index contributed by atoms with van der Waals surface area (Å²) in [7, 11) is 0. The highest BCUT2D eigenvalue weighted by Gasteiger charge is 2.28. The van der Waals surface area contributed by atoms with Crippen LogP contribution in [0.4, 0.5) is 0 Å². The van der Waals surface area contributed by atoms with Gasteiger partial charge in [0.25, 0.3) is 0 Å². The molecule has 1 atom stereocenters. The molecule has 0 fully saturated rings. The minimum atomic E-state index is 0.372. The largest absolute Gasteiger partial charge is 0.332 e. The Labute approximate surface area is 127 Å². The van der Waals surface area contributed by atoms with Crippen LogP contribution in [0.2, 0.25) is 0 Å². The van der Waals surface area contributed by atoms with Gasteiger partial charge in [0.05, 0.1) is 19.1 Å². The van der Waals surface area contributed by atoms with Crippen LogP contribution in [-0.4, -0.2) is 19.4 Å². The summed E-state index contributed by atoms with van der Waals surface area (Å²) in [6.45, 7) is 2.70. The molecule has 106 valence electrons. The molecule has 1 aliphatic heterocycles. The van der Waals surface area contributed by atoms with Gasteiger partial charge in [-0.3, -0.25) is 4.90 Å². The van der Waals surface area contributed by atoms with E-state index in [1.807, 2.05) is 17.8 Å². The van der Waals surface area contributed by atoms with Gasteiger partial charge in [-0.1, -0.05) is 30.3 Å². The van der Waals surface area contributed by atoms with Crippen molar-refractivity contribution in [3.63, 3.8) is 0 Å². The van der Waals surface area contributed by atoms with Crippen LogP contribution in [0.5, 0.6) is 0 Å². The van der Waals surface area contributed by atoms with Gasteiger partial charge in [0.1, 0.15) is 10.8 Å². The molecule has 4 nitrogen and oxygen atoms in total. The number of imidazole rings is 1. The number of benzene rings is 1. The van der Waals surface area contributed by atoms with Crippen LogP contribution in [0.25, 0.3) is 0 Å². The molecule has 3 aromatic rings. The first-order valence-corrected chi connectivity index (χ1v) is 7.95. The lowest BCUT2D eigenvalue weighted by molar-refractivity contribution is 0.128. The Morgan fingerprint density at radius 3 is 2.86 bits per heavy atom. The van der Waals surface area contributed by atoms with E-state index in [4.69, 9.17) is 0 Å². The van der Waals surface area contributed by atoms with Crippen molar-refractivity contribution < 1.29 is 0 Å². The molecule has 0 amide bonds. The average molecular weight is 296 g/mol. The van der Waals surface area contributed by atoms with Gasteiger partial charge >= 0.3 is 0 Å². The van der Waals surface area contributed by atoms with Crippen molar-refractivity contribution in [3.8, 4) is 0 Å². The third-order valence-corrected chi connectivity index (χ3v) is 4.73. The van der Waals surface area contributed by atoms with Crippen LogP contribution < -0.4 is 0 Å². The molecule has 0 radical (unpaired) electrons. The van der Waals surface area contributed by atoms with Crippen LogP contribution in [0.15, 0.2) is 54.3 Å². The van der Waals surface area contributed by atoms with Crippen LogP contribution in [0, 0.1) is 0 Å². The standard InChI is InChI=1S/C16H16N4S/c1-2-4-13(5-3-1)14-10-19-8-6-17-15(19)11-20(14)12-16-18-7-9-21-16/h1-9,14H,10-12H2. The van der Waals surface area contributed by atoms with E-state index in [2.05, 4.69) is 56.0 Å². The maximum Gasteiger partial charge on any atom is 0.122 e. The number of thiazole rings is 1. The fourth-order valence-electron chi connectivity index (χ4n) is 2.91. The van der Waals surface area contributed by atoms with E-state index in [1.165, 1.54) is 5.56 Å². The van der Waals surface area contributed by atoms with E-state index in [-0.39, 0.29) is 0 Å². The Bertz CT molecular complexity index is 705. The molecule has 1 aromatic carbocycles. The number of hydrogen-bond donors (Lipinski definition) is 0. The van der Waals surface area contributed by atoms with E-state index in [0.717, 1.165) is 30.5 Å². The first-order chi connectivity index (χ1) is 10.4. The third-order valence-electron chi connectivity index (χ3n) is 3.96. The Kier molecular flexibility index (Phi) is 3.29. The van der Waals surface area contributed by atoms with Crippen molar-refractivity contribution in [2.45, 2.75) is 25.7 Å². The highest BCUT2D eigenvalue weighted by molar-refractivity contribution is 7.09. The predicted molar refractivity (Wildman–Crippen MR) is 82.8 cm³/mol. The molecular weight excluding hydrogens is 280 g/mol. The molecule has 0 aliphatic carbocycles. The molecule has 0 saturated heterocycles. The van der Waals surface area contributed by atoms with Crippen LogP contribution in [0.3, 0.4) is 0 Å². The number of nitrogens with zero attached hydrogens (tertiary/aromatic N) is 4. The molecule has 1 aliphatic rings. The molecule has 0 N–H and O–H groups in total. The van der Waals surface area contributed by atoms with Crippen molar-refractivity contribution in [3.05, 3.63) is 70.7 Å². The minimum Gasteiger partial charge on any atom is -0.332 e. The van der Waals surface area contributed by atoms with Gasteiger partial charge in [-0.2, -0.15) is 0 Å². The van der Waals surface area contributed by atoms with E-state index >= 15 is 0 Å². The van der Waals surface area contributed by atoms with Gasteiger partial charge in [0.2, 0.25) is 0 Å². The summed E-state index contributed by atoms with van der Waals surface area (Å²) < 4.78 is 2.26. The summed E-state index contributed by atoms with van der Waals surface area (Å²) in [6.07, 6.45) is 5.85. The maximum atomic E-state index is 4.47. The van der Waals surface area contributed by atoms with Crippen LogP contribution in [-0.2, 0) is 19.6 Å². The second kappa shape index (κ2) is 5.42. The first-order valence-electron chi connectivity index (χ1n) is 7.07. The number of hydrogen-bond acceptors (Lipinski definition) is 4. The summed E-state index contributed by atoms with van der Waals surface area (Å²) in [5.74, 6) is 1.14. The zero-order valence-corrected chi connectivity index (χ0v) is 12.4. The highest BCUT2D eigenvalue weighted by atomic mass is 32.1. The average Bonchev–Trinajstić information content (AvgIpc) is 3.18. The molecule has 0 spiro atoms. The van der Waals surface area contributed by atoms with Gasteiger partial charge in [-0.15, -0.1) is 11.3 Å². The Morgan fingerprint density at radius 1 is 1.14 bits per heavy atom. The smallest absolute Gasteiger partial charge is 0.122 e. The fourth-order valence-corrected chi connectivity index (χ4v) is 3.55. The zero-order valence-electron chi connectivity index (χ0n) is 11.6. The van der Waals surface area contributed by atoms with E-state index in [0.29, 0.717) is 6.04 Å². The zero-order chi connectivity index (χ0) is 14.1. The van der Waals surface area contributed by atoms with Crippen molar-refractivity contribution in [1.29, 1.82) is 0 Å². The molecule has 1 unspecified atom stereocenters. The van der Waals surface area contributed by atoms with E-state index in [9.17, 15) is 0 Å². The maximum absolute atomic E-state index is 4.47. The summed E-state index contributed by atoms with van der Waals surface area (Å²) in [5.41, 5.74) is 1.36. The molecule has 0 bridgehead atoms. The summed E-state index contributed by atoms with van der Waals surface area (Å²) >= 11 is 1.72. The summed E-state index contributed by atoms with van der Waals surface area (Å²) in [6, 6.07) is 11.1. The number of rotatable bonds is 3. The molecule has 4 rings (SSSR count). The van der Waals surface area contributed by atoms with Gasteiger partial charge in [0, 0.05) is 30.5 Å². The fraction of sp³-hybridized carbons (Fsp3) is 0.250. The number of aromatic nitrogens is 3. The van der Waals surface area contributed by atoms with Crippen LogP contribution in [0.1, 0.15) is 22.4 Å². The van der Waals surface area contributed by atoms with Crippen LogP contribution >= 0.6 is 11.3 Å². The van der Waals surface area contributed by atoms with Crippen molar-refractivity contribution in [1.82, 2.24) is 19.4 Å². The Morgan fingerprint density at radius 2 is 2.05 bits per heavy atom. The van der Waals surface area contributed by atoms with Crippen molar-refractivity contribution in [2.75, 3.05) is 0 Å². The minimum absolute atomic E-state index is 0.372. The first kappa shape index (κ1) is 12.7. The topological polar surface area (TPSA) is 34.0 Å². The van der Waals surface area contributed by atoms with Gasteiger partial charge in [0.15, 0.2) is 0 Å². The Balaban J connectivity index is 1.67. The molecule has 2 aromatic heterocycles. The molecule has 0 saturated carbocycles. The summed E-state index contributed by atoms with van der Waals surface area (Å²) in [5, 5.41) is 3.20. The molecule has 5 heteroatoms. The molecular formula is C16H16N4S. The van der Waals surface area contributed by atoms with E-state index < -0.39 is 0 Å². The van der Waals surface area contributed by atoms with Crippen molar-refractivity contribution >= 4 is 11.3 Å². The van der Waals surface area contributed by atoms with Crippen molar-refractivity contribution in [2.24, 2.45) is 0 Å². The van der Waals surface area contributed by atoms with Gasteiger partial charge in [-0.25, -0.2) is 9.97 Å².